The Bertz CT molecular complexity index is 90.4. The first-order valence-electron chi connectivity index (χ1n) is 2.28. The van der Waals surface area contributed by atoms with Crippen molar-refractivity contribution in [3.63, 3.8) is 0 Å². The van der Waals surface area contributed by atoms with E-state index >= 15 is 0 Å². The lowest BCUT2D eigenvalue weighted by molar-refractivity contribution is -0.129. The lowest BCUT2D eigenvalue weighted by Crippen LogP contribution is -1.98. The first kappa shape index (κ1) is 7.69. The Hall–Kier alpha value is -0.310. The van der Waals surface area contributed by atoms with Crippen molar-refractivity contribution in [1.82, 2.24) is 0 Å². The van der Waals surface area contributed by atoms with Gasteiger partial charge in [0.05, 0.1) is 0 Å². The van der Waals surface area contributed by atoms with Gasteiger partial charge in [-0.05, 0) is 6.26 Å². The van der Waals surface area contributed by atoms with Gasteiger partial charge >= 0.3 is 0 Å². The summed E-state index contributed by atoms with van der Waals surface area (Å²) in [5.41, 5.74) is 0. The maximum absolute atomic E-state index is 10.2. The number of hydrogen-bond acceptors (Lipinski definition) is 3. The van der Waals surface area contributed by atoms with Gasteiger partial charge in [-0.25, -0.2) is 0 Å². The number of ketones is 1. The minimum absolute atomic E-state index is 0.306. The zero-order valence-electron chi connectivity index (χ0n) is 4.72. The Labute approximate surface area is 52.6 Å². The van der Waals surface area contributed by atoms with E-state index in [0.29, 0.717) is 12.7 Å². The largest absolute Gasteiger partial charge is 0.295 e. The minimum atomic E-state index is -0.306. The van der Waals surface area contributed by atoms with Crippen LogP contribution in [0.5, 0.6) is 0 Å². The lowest BCUT2D eigenvalue weighted by atomic mass is 10.3. The molecule has 0 rings (SSSR count). The molecule has 0 heterocycles. The molecule has 0 radical (unpaired) electrons. The third-order valence-corrected chi connectivity index (χ3v) is 1.30. The standard InChI is InChI=1S/C5H8O2S/c1-8-3-2-5(7)4-6/h4H,2-3H2,1H3. The first-order chi connectivity index (χ1) is 3.81. The molecule has 0 aromatic carbocycles. The fourth-order valence-electron chi connectivity index (χ4n) is 0.262. The highest BCUT2D eigenvalue weighted by Crippen LogP contribution is 1.93. The van der Waals surface area contributed by atoms with E-state index in [9.17, 15) is 9.59 Å². The van der Waals surface area contributed by atoms with E-state index in [-0.39, 0.29) is 5.78 Å². The van der Waals surface area contributed by atoms with Crippen molar-refractivity contribution in [3.05, 3.63) is 0 Å². The van der Waals surface area contributed by atoms with Crippen LogP contribution in [-0.2, 0) is 9.59 Å². The summed E-state index contributed by atoms with van der Waals surface area (Å²) in [4.78, 5) is 19.8. The molecule has 0 aliphatic carbocycles. The van der Waals surface area contributed by atoms with Crippen LogP contribution in [0.25, 0.3) is 0 Å². The second-order valence-corrected chi connectivity index (χ2v) is 2.31. The smallest absolute Gasteiger partial charge is 0.196 e. The molecule has 0 aromatic heterocycles. The predicted octanol–water partition coefficient (Wildman–Crippen LogP) is 0.507. The highest BCUT2D eigenvalue weighted by atomic mass is 32.2. The van der Waals surface area contributed by atoms with Crippen molar-refractivity contribution in [2.24, 2.45) is 0 Å². The third kappa shape index (κ3) is 3.87. The van der Waals surface area contributed by atoms with Gasteiger partial charge in [-0.15, -0.1) is 0 Å². The third-order valence-electron chi connectivity index (χ3n) is 0.684. The van der Waals surface area contributed by atoms with E-state index in [1.807, 2.05) is 6.26 Å². The van der Waals surface area contributed by atoms with Gasteiger partial charge in [0.15, 0.2) is 12.1 Å². The summed E-state index contributed by atoms with van der Waals surface area (Å²) in [6, 6.07) is 0. The second-order valence-electron chi connectivity index (χ2n) is 1.33. The van der Waals surface area contributed by atoms with Crippen molar-refractivity contribution >= 4 is 23.8 Å². The highest BCUT2D eigenvalue weighted by molar-refractivity contribution is 7.98. The quantitative estimate of drug-likeness (QED) is 0.413. The van der Waals surface area contributed by atoms with Crippen LogP contribution in [-0.4, -0.2) is 24.1 Å². The van der Waals surface area contributed by atoms with Crippen LogP contribution >= 0.6 is 11.8 Å². The zero-order valence-corrected chi connectivity index (χ0v) is 5.53. The van der Waals surface area contributed by atoms with Crippen LogP contribution in [0.1, 0.15) is 6.42 Å². The lowest BCUT2D eigenvalue weighted by Gasteiger charge is -1.86. The average molecular weight is 132 g/mol. The molecule has 2 nitrogen and oxygen atoms in total. The Morgan fingerprint density at radius 3 is 2.75 bits per heavy atom. The molecule has 0 spiro atoms. The fraction of sp³-hybridized carbons (Fsp3) is 0.600. The van der Waals surface area contributed by atoms with E-state index < -0.39 is 0 Å². The Balaban J connectivity index is 3.11. The molecular formula is C5H8O2S. The van der Waals surface area contributed by atoms with Gasteiger partial charge in [0.2, 0.25) is 0 Å². The van der Waals surface area contributed by atoms with E-state index in [0.717, 1.165) is 5.75 Å². The van der Waals surface area contributed by atoms with E-state index in [2.05, 4.69) is 0 Å². The molecule has 0 N–H and O–H groups in total. The second kappa shape index (κ2) is 4.84. The molecule has 46 valence electrons. The predicted molar refractivity (Wildman–Crippen MR) is 34.1 cm³/mol. The van der Waals surface area contributed by atoms with Crippen molar-refractivity contribution in [2.45, 2.75) is 6.42 Å². The molecule has 0 fully saturated rings. The number of thioether (sulfide) groups is 1. The maximum Gasteiger partial charge on any atom is 0.196 e. The van der Waals surface area contributed by atoms with Crippen LogP contribution in [0, 0.1) is 0 Å². The van der Waals surface area contributed by atoms with E-state index in [1.165, 1.54) is 0 Å². The summed E-state index contributed by atoms with van der Waals surface area (Å²) in [6.07, 6.45) is 2.65. The molecule has 8 heavy (non-hydrogen) atoms. The topological polar surface area (TPSA) is 34.1 Å². The molecule has 0 amide bonds. The van der Waals surface area contributed by atoms with Gasteiger partial charge in [-0.2, -0.15) is 11.8 Å². The Morgan fingerprint density at radius 2 is 2.38 bits per heavy atom. The van der Waals surface area contributed by atoms with Gasteiger partial charge in [0.1, 0.15) is 0 Å². The first-order valence-corrected chi connectivity index (χ1v) is 3.67. The molecular weight excluding hydrogens is 124 g/mol. The van der Waals surface area contributed by atoms with Crippen LogP contribution < -0.4 is 0 Å². The van der Waals surface area contributed by atoms with Crippen molar-refractivity contribution in [1.29, 1.82) is 0 Å². The molecule has 0 saturated heterocycles. The Morgan fingerprint density at radius 1 is 1.75 bits per heavy atom. The van der Waals surface area contributed by atoms with Crippen LogP contribution in [0.3, 0.4) is 0 Å². The fourth-order valence-corrected chi connectivity index (χ4v) is 0.667. The number of carbonyl (C=O) groups excluding carboxylic acids is 2. The van der Waals surface area contributed by atoms with Crippen molar-refractivity contribution < 1.29 is 9.59 Å². The van der Waals surface area contributed by atoms with Gasteiger partial charge in [0.25, 0.3) is 0 Å². The number of Topliss-reactive ketones (excluding diaryl/α,β-unsaturated/α-hetero) is 1. The summed E-state index contributed by atoms with van der Waals surface area (Å²) >= 11 is 1.57. The van der Waals surface area contributed by atoms with Gasteiger partial charge < -0.3 is 0 Å². The summed E-state index contributed by atoms with van der Waals surface area (Å²) in [7, 11) is 0. The summed E-state index contributed by atoms with van der Waals surface area (Å²) in [5, 5.41) is 0. The van der Waals surface area contributed by atoms with Gasteiger partial charge in [-0.1, -0.05) is 0 Å². The monoisotopic (exact) mass is 132 g/mol. The minimum Gasteiger partial charge on any atom is -0.295 e. The molecule has 0 atom stereocenters. The average Bonchev–Trinajstić information content (AvgIpc) is 1.83. The van der Waals surface area contributed by atoms with Crippen molar-refractivity contribution in [2.75, 3.05) is 12.0 Å². The normalized spacial score (nSPS) is 8.62. The van der Waals surface area contributed by atoms with E-state index in [1.54, 1.807) is 11.8 Å². The molecule has 0 bridgehead atoms. The molecule has 0 saturated carbocycles. The zero-order chi connectivity index (χ0) is 6.41. The number of carbonyl (C=O) groups is 2. The van der Waals surface area contributed by atoms with Gasteiger partial charge in [0, 0.05) is 12.2 Å². The summed E-state index contributed by atoms with van der Waals surface area (Å²) in [6.45, 7) is 0. The van der Waals surface area contributed by atoms with Crippen LogP contribution in [0.2, 0.25) is 0 Å². The van der Waals surface area contributed by atoms with Crippen molar-refractivity contribution in [3.8, 4) is 0 Å². The van der Waals surface area contributed by atoms with Crippen LogP contribution in [0.15, 0.2) is 0 Å². The SMILES string of the molecule is CSCCC(=O)C=O. The summed E-state index contributed by atoms with van der Waals surface area (Å²) in [5.74, 6) is 0.441. The Kier molecular flexibility index (Phi) is 4.65. The van der Waals surface area contributed by atoms with Gasteiger partial charge in [-0.3, -0.25) is 9.59 Å². The molecule has 3 heteroatoms. The number of hydrogen-bond donors (Lipinski definition) is 0. The molecule has 0 unspecified atom stereocenters. The molecule has 0 aliphatic rings. The van der Waals surface area contributed by atoms with Crippen LogP contribution in [0.4, 0.5) is 0 Å². The van der Waals surface area contributed by atoms with E-state index in [4.69, 9.17) is 0 Å². The molecule has 0 aliphatic heterocycles. The number of rotatable bonds is 4. The highest BCUT2D eigenvalue weighted by Gasteiger charge is 1.94. The maximum atomic E-state index is 10.2. The summed E-state index contributed by atoms with van der Waals surface area (Å²) < 4.78 is 0. The molecule has 0 aromatic rings. The number of aldehydes is 1.